The fourth-order valence-electron chi connectivity index (χ4n) is 0.826. The Morgan fingerprint density at radius 3 is 2.25 bits per heavy atom. The summed E-state index contributed by atoms with van der Waals surface area (Å²) < 4.78 is 0. The molecule has 1 unspecified atom stereocenters. The molecule has 0 aromatic heterocycles. The van der Waals surface area contributed by atoms with E-state index in [-0.39, 0.29) is 11.7 Å². The Bertz CT molecular complexity index is 198. The molecule has 0 aliphatic rings. The Balaban J connectivity index is 4.32. The first-order valence-electron chi connectivity index (χ1n) is 3.64. The van der Waals surface area contributed by atoms with E-state index >= 15 is 0 Å². The third-order valence-electron chi connectivity index (χ3n) is 1.45. The number of rotatable bonds is 4. The summed E-state index contributed by atoms with van der Waals surface area (Å²) in [5, 5.41) is 10.5. The summed E-state index contributed by atoms with van der Waals surface area (Å²) in [6.45, 7) is 6.82. The molecule has 12 heavy (non-hydrogen) atoms. The van der Waals surface area contributed by atoms with Gasteiger partial charge in [-0.25, -0.2) is 4.79 Å². The Hall–Kier alpha value is -1.32. The van der Waals surface area contributed by atoms with Crippen molar-refractivity contribution in [1.82, 2.24) is 5.32 Å². The average molecular weight is 171 g/mol. The number of hydrogen-bond acceptors (Lipinski definition) is 2. The monoisotopic (exact) mass is 171 g/mol. The Kier molecular flexibility index (Phi) is 4.04. The maximum Gasteiger partial charge on any atom is 0.405 e. The van der Waals surface area contributed by atoms with Crippen molar-refractivity contribution < 1.29 is 14.7 Å². The van der Waals surface area contributed by atoms with Crippen LogP contribution in [0.3, 0.4) is 0 Å². The smallest absolute Gasteiger partial charge is 0.405 e. The van der Waals surface area contributed by atoms with Crippen molar-refractivity contribution >= 4 is 11.9 Å². The van der Waals surface area contributed by atoms with Gasteiger partial charge in [-0.15, -0.1) is 0 Å². The molecule has 0 saturated heterocycles. The number of carbonyl (C=O) groups is 2. The summed E-state index contributed by atoms with van der Waals surface area (Å²) in [7, 11) is 0. The van der Waals surface area contributed by atoms with E-state index in [1.165, 1.54) is 0 Å². The second-order valence-corrected chi connectivity index (χ2v) is 2.78. The van der Waals surface area contributed by atoms with Crippen LogP contribution >= 0.6 is 0 Å². The summed E-state index contributed by atoms with van der Waals surface area (Å²) in [5.74, 6) is -0.362. The molecule has 0 rings (SSSR count). The normalized spacial score (nSPS) is 12.2. The number of nitrogens with one attached hydrogen (secondary N) is 1. The predicted molar refractivity (Wildman–Crippen MR) is 45.0 cm³/mol. The standard InChI is InChI=1S/C8H13NO3/c1-4-6(10)7(5(2)3)9-8(11)12/h4-5,7,9H,1H2,2-3H3,(H,11,12). The van der Waals surface area contributed by atoms with Crippen molar-refractivity contribution in [2.75, 3.05) is 0 Å². The zero-order chi connectivity index (χ0) is 9.72. The van der Waals surface area contributed by atoms with Gasteiger partial charge in [0.25, 0.3) is 0 Å². The van der Waals surface area contributed by atoms with E-state index in [0.29, 0.717) is 0 Å². The van der Waals surface area contributed by atoms with Crippen molar-refractivity contribution in [2.24, 2.45) is 5.92 Å². The van der Waals surface area contributed by atoms with Gasteiger partial charge < -0.3 is 10.4 Å². The SMILES string of the molecule is C=CC(=O)C(NC(=O)O)C(C)C. The van der Waals surface area contributed by atoms with Crippen molar-refractivity contribution in [2.45, 2.75) is 19.9 Å². The minimum Gasteiger partial charge on any atom is -0.465 e. The molecule has 4 heteroatoms. The highest BCUT2D eigenvalue weighted by Gasteiger charge is 2.20. The van der Waals surface area contributed by atoms with Crippen LogP contribution in [0.25, 0.3) is 0 Å². The summed E-state index contributed by atoms with van der Waals surface area (Å²) in [6.07, 6.45) is -0.0652. The molecule has 2 N–H and O–H groups in total. The van der Waals surface area contributed by atoms with Gasteiger partial charge in [0.05, 0.1) is 6.04 Å². The van der Waals surface area contributed by atoms with Crippen LogP contribution in [-0.2, 0) is 4.79 Å². The topological polar surface area (TPSA) is 66.4 Å². The van der Waals surface area contributed by atoms with Gasteiger partial charge in [-0.2, -0.15) is 0 Å². The molecular weight excluding hydrogens is 158 g/mol. The zero-order valence-corrected chi connectivity index (χ0v) is 7.20. The summed E-state index contributed by atoms with van der Waals surface area (Å²) >= 11 is 0. The van der Waals surface area contributed by atoms with Crippen molar-refractivity contribution in [3.8, 4) is 0 Å². The lowest BCUT2D eigenvalue weighted by atomic mass is 10.0. The number of hydrogen-bond donors (Lipinski definition) is 2. The first-order chi connectivity index (χ1) is 5.49. The highest BCUT2D eigenvalue weighted by molar-refractivity contribution is 5.95. The molecule has 1 atom stereocenters. The summed E-state index contributed by atoms with van der Waals surface area (Å²) in [5.41, 5.74) is 0. The molecule has 0 aromatic rings. The van der Waals surface area contributed by atoms with Gasteiger partial charge in [0, 0.05) is 0 Å². The Morgan fingerprint density at radius 1 is 1.50 bits per heavy atom. The third kappa shape index (κ3) is 3.18. The van der Waals surface area contributed by atoms with Gasteiger partial charge in [0.15, 0.2) is 5.78 Å². The minimum atomic E-state index is -1.19. The molecule has 0 aromatic carbocycles. The number of amides is 1. The maximum absolute atomic E-state index is 11.0. The van der Waals surface area contributed by atoms with Gasteiger partial charge in [-0.3, -0.25) is 4.79 Å². The maximum atomic E-state index is 11.0. The van der Waals surface area contributed by atoms with Gasteiger partial charge in [-0.1, -0.05) is 20.4 Å². The van der Waals surface area contributed by atoms with Gasteiger partial charge in [0.2, 0.25) is 0 Å². The van der Waals surface area contributed by atoms with E-state index in [9.17, 15) is 9.59 Å². The lowest BCUT2D eigenvalue weighted by Gasteiger charge is -2.17. The van der Waals surface area contributed by atoms with Crippen LogP contribution in [0.15, 0.2) is 12.7 Å². The van der Waals surface area contributed by atoms with E-state index < -0.39 is 12.1 Å². The number of carbonyl (C=O) groups excluding carboxylic acids is 1. The predicted octanol–water partition coefficient (Wildman–Crippen LogP) is 1.03. The van der Waals surface area contributed by atoms with Crippen molar-refractivity contribution in [1.29, 1.82) is 0 Å². The van der Waals surface area contributed by atoms with E-state index in [2.05, 4.69) is 11.9 Å². The first kappa shape index (κ1) is 10.7. The van der Waals surface area contributed by atoms with Gasteiger partial charge in [-0.05, 0) is 12.0 Å². The quantitative estimate of drug-likeness (QED) is 0.621. The van der Waals surface area contributed by atoms with Crippen LogP contribution in [0.2, 0.25) is 0 Å². The molecule has 0 aliphatic heterocycles. The molecule has 0 bridgehead atoms. The van der Waals surface area contributed by atoms with Crippen molar-refractivity contribution in [3.05, 3.63) is 12.7 Å². The highest BCUT2D eigenvalue weighted by atomic mass is 16.4. The first-order valence-corrected chi connectivity index (χ1v) is 3.64. The summed E-state index contributed by atoms with van der Waals surface area (Å²) in [4.78, 5) is 21.3. The van der Waals surface area contributed by atoms with Crippen molar-refractivity contribution in [3.63, 3.8) is 0 Å². The minimum absolute atomic E-state index is 0.0633. The molecule has 0 spiro atoms. The highest BCUT2D eigenvalue weighted by Crippen LogP contribution is 2.02. The molecule has 1 amide bonds. The fourth-order valence-corrected chi connectivity index (χ4v) is 0.826. The lowest BCUT2D eigenvalue weighted by molar-refractivity contribution is -0.117. The lowest BCUT2D eigenvalue weighted by Crippen LogP contribution is -2.42. The van der Waals surface area contributed by atoms with Crippen LogP contribution in [0.4, 0.5) is 4.79 Å². The second-order valence-electron chi connectivity index (χ2n) is 2.78. The Labute approximate surface area is 71.3 Å². The van der Waals surface area contributed by atoms with Crippen LogP contribution < -0.4 is 5.32 Å². The van der Waals surface area contributed by atoms with E-state index in [1.54, 1.807) is 13.8 Å². The Morgan fingerprint density at radius 2 is 2.00 bits per heavy atom. The molecule has 68 valence electrons. The van der Waals surface area contributed by atoms with Gasteiger partial charge >= 0.3 is 6.09 Å². The molecule has 0 radical (unpaired) electrons. The van der Waals surface area contributed by atoms with E-state index in [0.717, 1.165) is 6.08 Å². The molecular formula is C8H13NO3. The molecule has 0 fully saturated rings. The van der Waals surface area contributed by atoms with Crippen LogP contribution in [0.1, 0.15) is 13.8 Å². The van der Waals surface area contributed by atoms with Crippen LogP contribution in [-0.4, -0.2) is 23.0 Å². The molecule has 4 nitrogen and oxygen atoms in total. The number of ketones is 1. The van der Waals surface area contributed by atoms with Gasteiger partial charge in [0.1, 0.15) is 0 Å². The fraction of sp³-hybridized carbons (Fsp3) is 0.500. The number of carboxylic acid groups (broad SMARTS) is 1. The van der Waals surface area contributed by atoms with Crippen LogP contribution in [0.5, 0.6) is 0 Å². The van der Waals surface area contributed by atoms with E-state index in [4.69, 9.17) is 5.11 Å². The second kappa shape index (κ2) is 4.54. The zero-order valence-electron chi connectivity index (χ0n) is 7.20. The van der Waals surface area contributed by atoms with Crippen LogP contribution in [0, 0.1) is 5.92 Å². The molecule has 0 heterocycles. The molecule has 0 aliphatic carbocycles. The van der Waals surface area contributed by atoms with E-state index in [1.807, 2.05) is 0 Å². The summed E-state index contributed by atoms with van der Waals surface area (Å²) in [6, 6.07) is -0.681. The largest absolute Gasteiger partial charge is 0.465 e. The third-order valence-corrected chi connectivity index (χ3v) is 1.45. The average Bonchev–Trinajstić information content (AvgIpc) is 1.98. The molecule has 0 saturated carbocycles.